The second-order valence-corrected chi connectivity index (χ2v) is 5.85. The molecule has 25 heavy (non-hydrogen) atoms. The van der Waals surface area contributed by atoms with Crippen molar-refractivity contribution in [1.82, 2.24) is 5.32 Å². The first-order valence-corrected chi connectivity index (χ1v) is 7.89. The van der Waals surface area contributed by atoms with Crippen LogP contribution >= 0.6 is 0 Å². The minimum Gasteiger partial charge on any atom is -0.368 e. The van der Waals surface area contributed by atoms with Crippen molar-refractivity contribution in [2.75, 3.05) is 5.32 Å². The molecule has 4 N–H and O–H groups in total. The number of benzene rings is 2. The number of nitrogens with one attached hydrogen (secondary N) is 2. The largest absolute Gasteiger partial charge is 0.368 e. The number of hydrogen-bond acceptors (Lipinski definition) is 3. The van der Waals surface area contributed by atoms with Gasteiger partial charge in [-0.05, 0) is 24.6 Å². The maximum Gasteiger partial charge on any atom is 0.254 e. The van der Waals surface area contributed by atoms with Crippen molar-refractivity contribution < 1.29 is 14.4 Å². The minimum atomic E-state index is -0.848. The van der Waals surface area contributed by atoms with Gasteiger partial charge < -0.3 is 16.4 Å². The molecular formula is C19H21N3O3. The predicted molar refractivity (Wildman–Crippen MR) is 96.1 cm³/mol. The zero-order chi connectivity index (χ0) is 18.4. The molecule has 2 aromatic rings. The average Bonchev–Trinajstić information content (AvgIpc) is 2.54. The van der Waals surface area contributed by atoms with Crippen molar-refractivity contribution in [3.63, 3.8) is 0 Å². The van der Waals surface area contributed by atoms with E-state index in [0.717, 1.165) is 11.1 Å². The molecular weight excluding hydrogens is 318 g/mol. The molecule has 0 saturated heterocycles. The van der Waals surface area contributed by atoms with Gasteiger partial charge in [0.25, 0.3) is 5.91 Å². The lowest BCUT2D eigenvalue weighted by atomic mass is 10.0. The number of carbonyl (C=O) groups is 3. The Kier molecular flexibility index (Phi) is 5.89. The zero-order valence-electron chi connectivity index (χ0n) is 14.2. The van der Waals surface area contributed by atoms with Crippen LogP contribution in [0.2, 0.25) is 0 Å². The van der Waals surface area contributed by atoms with E-state index >= 15 is 0 Å². The molecule has 0 saturated carbocycles. The van der Waals surface area contributed by atoms with E-state index in [1.54, 1.807) is 24.3 Å². The Morgan fingerprint density at radius 3 is 2.44 bits per heavy atom. The van der Waals surface area contributed by atoms with Gasteiger partial charge >= 0.3 is 0 Å². The Bertz CT molecular complexity index is 802. The fourth-order valence-corrected chi connectivity index (χ4v) is 2.51. The number of amides is 3. The number of para-hydroxylation sites is 1. The molecule has 2 rings (SSSR count). The third kappa shape index (κ3) is 5.17. The van der Waals surface area contributed by atoms with E-state index in [2.05, 4.69) is 10.6 Å². The number of rotatable bonds is 6. The van der Waals surface area contributed by atoms with Crippen molar-refractivity contribution in [3.8, 4) is 0 Å². The van der Waals surface area contributed by atoms with Crippen LogP contribution in [0, 0.1) is 6.92 Å². The van der Waals surface area contributed by atoms with Gasteiger partial charge in [0, 0.05) is 13.3 Å². The molecule has 130 valence electrons. The van der Waals surface area contributed by atoms with Gasteiger partial charge in [0.2, 0.25) is 11.8 Å². The summed E-state index contributed by atoms with van der Waals surface area (Å²) in [4.78, 5) is 35.6. The monoisotopic (exact) mass is 339 g/mol. The fraction of sp³-hybridized carbons (Fsp3) is 0.211. The summed E-state index contributed by atoms with van der Waals surface area (Å²) in [5.74, 6) is -1.38. The van der Waals surface area contributed by atoms with Gasteiger partial charge in [-0.15, -0.1) is 0 Å². The summed E-state index contributed by atoms with van der Waals surface area (Å²) in [6, 6.07) is 13.4. The van der Waals surface area contributed by atoms with E-state index in [4.69, 9.17) is 5.73 Å². The Morgan fingerprint density at radius 2 is 1.80 bits per heavy atom. The molecule has 0 unspecified atom stereocenters. The highest BCUT2D eigenvalue weighted by atomic mass is 16.2. The lowest BCUT2D eigenvalue weighted by Gasteiger charge is -2.17. The predicted octanol–water partition coefficient (Wildman–Crippen LogP) is 1.78. The average molecular weight is 339 g/mol. The lowest BCUT2D eigenvalue weighted by molar-refractivity contribution is -0.119. The maximum absolute atomic E-state index is 12.5. The second kappa shape index (κ2) is 8.10. The second-order valence-electron chi connectivity index (χ2n) is 5.85. The smallest absolute Gasteiger partial charge is 0.254 e. The lowest BCUT2D eigenvalue weighted by Crippen LogP contribution is -2.46. The van der Waals surface area contributed by atoms with Gasteiger partial charge in [-0.25, -0.2) is 0 Å². The van der Waals surface area contributed by atoms with Crippen LogP contribution in [0.25, 0.3) is 0 Å². The van der Waals surface area contributed by atoms with Crippen LogP contribution in [0.15, 0.2) is 48.5 Å². The first-order valence-electron chi connectivity index (χ1n) is 7.89. The van der Waals surface area contributed by atoms with Gasteiger partial charge in [-0.3, -0.25) is 14.4 Å². The van der Waals surface area contributed by atoms with Crippen LogP contribution in [0.5, 0.6) is 0 Å². The van der Waals surface area contributed by atoms with Gasteiger partial charge in [0.1, 0.15) is 6.04 Å². The molecule has 0 aliphatic carbocycles. The van der Waals surface area contributed by atoms with E-state index in [1.165, 1.54) is 6.92 Å². The maximum atomic E-state index is 12.5. The van der Waals surface area contributed by atoms with E-state index in [9.17, 15) is 14.4 Å². The fourth-order valence-electron chi connectivity index (χ4n) is 2.51. The molecule has 0 fully saturated rings. The third-order valence-corrected chi connectivity index (χ3v) is 3.65. The summed E-state index contributed by atoms with van der Waals surface area (Å²) in [7, 11) is 0. The molecule has 0 heterocycles. The molecule has 2 aromatic carbocycles. The van der Waals surface area contributed by atoms with Gasteiger partial charge in [-0.1, -0.05) is 42.0 Å². The van der Waals surface area contributed by atoms with Crippen LogP contribution in [0.3, 0.4) is 0 Å². The SMILES string of the molecule is CC(=O)Nc1ccccc1C(=O)N[C@@H](Cc1cccc(C)c1)C(N)=O. The Labute approximate surface area is 146 Å². The van der Waals surface area contributed by atoms with Gasteiger partial charge in [0.15, 0.2) is 0 Å². The number of primary amides is 1. The van der Waals surface area contributed by atoms with Crippen LogP contribution in [0.1, 0.15) is 28.4 Å². The van der Waals surface area contributed by atoms with Crippen LogP contribution < -0.4 is 16.4 Å². The Balaban J connectivity index is 2.18. The quantitative estimate of drug-likeness (QED) is 0.747. The third-order valence-electron chi connectivity index (χ3n) is 3.65. The molecule has 0 spiro atoms. The van der Waals surface area contributed by atoms with Crippen molar-refractivity contribution in [2.24, 2.45) is 5.73 Å². The van der Waals surface area contributed by atoms with Crippen LogP contribution in [-0.2, 0) is 16.0 Å². The number of aryl methyl sites for hydroxylation is 1. The number of carbonyl (C=O) groups excluding carboxylic acids is 3. The molecule has 0 aromatic heterocycles. The minimum absolute atomic E-state index is 0.271. The summed E-state index contributed by atoms with van der Waals surface area (Å²) in [5.41, 5.74) is 8.06. The van der Waals surface area contributed by atoms with Crippen LogP contribution in [0.4, 0.5) is 5.69 Å². The summed E-state index contributed by atoms with van der Waals surface area (Å²) < 4.78 is 0. The highest BCUT2D eigenvalue weighted by molar-refractivity contribution is 6.04. The van der Waals surface area contributed by atoms with Gasteiger partial charge in [0.05, 0.1) is 11.3 Å². The first-order chi connectivity index (χ1) is 11.9. The summed E-state index contributed by atoms with van der Waals surface area (Å²) in [6.45, 7) is 3.31. The molecule has 0 aliphatic heterocycles. The molecule has 0 bridgehead atoms. The van der Waals surface area contributed by atoms with Gasteiger partial charge in [-0.2, -0.15) is 0 Å². The van der Waals surface area contributed by atoms with E-state index in [0.29, 0.717) is 12.1 Å². The number of hydrogen-bond donors (Lipinski definition) is 3. The van der Waals surface area contributed by atoms with Crippen molar-refractivity contribution in [3.05, 3.63) is 65.2 Å². The summed E-state index contributed by atoms with van der Waals surface area (Å²) >= 11 is 0. The molecule has 6 nitrogen and oxygen atoms in total. The topological polar surface area (TPSA) is 101 Å². The highest BCUT2D eigenvalue weighted by Gasteiger charge is 2.21. The molecule has 1 atom stereocenters. The standard InChI is InChI=1S/C19H21N3O3/c1-12-6-5-7-14(10-12)11-17(18(20)24)22-19(25)15-8-3-4-9-16(15)21-13(2)23/h3-10,17H,11H2,1-2H3,(H2,20,24)(H,21,23)(H,22,25)/t17-/m0/s1. The molecule has 3 amide bonds. The van der Waals surface area contributed by atoms with Crippen molar-refractivity contribution in [2.45, 2.75) is 26.3 Å². The van der Waals surface area contributed by atoms with Crippen molar-refractivity contribution >= 4 is 23.4 Å². The zero-order valence-corrected chi connectivity index (χ0v) is 14.2. The Hall–Kier alpha value is -3.15. The molecule has 0 aliphatic rings. The first kappa shape index (κ1) is 18.2. The Morgan fingerprint density at radius 1 is 1.08 bits per heavy atom. The van der Waals surface area contributed by atoms with Crippen LogP contribution in [-0.4, -0.2) is 23.8 Å². The summed E-state index contributed by atoms with van der Waals surface area (Å²) in [6.07, 6.45) is 0.297. The van der Waals surface area contributed by atoms with E-state index < -0.39 is 17.9 Å². The molecule has 6 heteroatoms. The number of nitrogens with two attached hydrogens (primary N) is 1. The van der Waals surface area contributed by atoms with E-state index in [-0.39, 0.29) is 11.5 Å². The normalized spacial score (nSPS) is 11.4. The summed E-state index contributed by atoms with van der Waals surface area (Å²) in [5, 5.41) is 5.25. The van der Waals surface area contributed by atoms with E-state index in [1.807, 2.05) is 31.2 Å². The number of anilines is 1. The molecule has 0 radical (unpaired) electrons. The van der Waals surface area contributed by atoms with Crippen molar-refractivity contribution in [1.29, 1.82) is 0 Å². The highest BCUT2D eigenvalue weighted by Crippen LogP contribution is 2.15.